The van der Waals surface area contributed by atoms with Crippen LogP contribution >= 0.6 is 11.3 Å². The van der Waals surface area contributed by atoms with E-state index in [2.05, 4.69) is 37.1 Å². The highest BCUT2D eigenvalue weighted by Gasteiger charge is 2.39. The number of hydrogen-bond donors (Lipinski definition) is 3. The summed E-state index contributed by atoms with van der Waals surface area (Å²) in [6.07, 6.45) is 2.27. The first kappa shape index (κ1) is 25.0. The molecule has 0 aliphatic carbocycles. The average molecular weight is 514 g/mol. The first-order chi connectivity index (χ1) is 17.2. The van der Waals surface area contributed by atoms with Gasteiger partial charge in [-0.1, -0.05) is 6.58 Å². The Bertz CT molecular complexity index is 1450. The van der Waals surface area contributed by atoms with Crippen molar-refractivity contribution in [3.05, 3.63) is 77.6 Å². The number of thiophene rings is 1. The second-order valence-electron chi connectivity index (χ2n) is 7.62. The molecule has 0 amide bonds. The van der Waals surface area contributed by atoms with Crippen molar-refractivity contribution in [2.24, 2.45) is 16.5 Å². The number of fused-ring (bicyclic) bond motifs is 1. The summed E-state index contributed by atoms with van der Waals surface area (Å²) < 4.78 is 43.3. The van der Waals surface area contributed by atoms with Crippen LogP contribution in [0.4, 0.5) is 24.5 Å². The summed E-state index contributed by atoms with van der Waals surface area (Å²) in [7, 11) is 0. The number of alkyl halides is 3. The van der Waals surface area contributed by atoms with Crippen molar-refractivity contribution in [1.82, 2.24) is 25.0 Å². The standard InChI is InChI=1S/C23H22F3N9S/c1-13-9-15(11-30-22(13)35-31-6-7-32-35)33-14(2)17(10-28)21(23(24,25)26)34-19-12-29-18(3-5-27)20-16(19)4-8-36-20/h4,6-12,33H,2-3,5,27-28H2,1H3. The average Bonchev–Trinajstić information content (AvgIpc) is 3.52. The molecule has 0 aliphatic rings. The Morgan fingerprint density at radius 3 is 2.64 bits per heavy atom. The summed E-state index contributed by atoms with van der Waals surface area (Å²) in [5.41, 5.74) is 11.4. The monoisotopic (exact) mass is 513 g/mol. The number of aliphatic imine (C=N–C) groups is 1. The van der Waals surface area contributed by atoms with Crippen LogP contribution in [0.5, 0.6) is 0 Å². The summed E-state index contributed by atoms with van der Waals surface area (Å²) in [6.45, 7) is 5.91. The first-order valence-electron chi connectivity index (χ1n) is 10.7. The van der Waals surface area contributed by atoms with Crippen LogP contribution in [-0.4, -0.2) is 43.4 Å². The molecule has 13 heteroatoms. The van der Waals surface area contributed by atoms with Gasteiger partial charge >= 0.3 is 6.18 Å². The Morgan fingerprint density at radius 1 is 1.25 bits per heavy atom. The highest BCUT2D eigenvalue weighted by molar-refractivity contribution is 7.17. The van der Waals surface area contributed by atoms with Gasteiger partial charge in [-0.3, -0.25) is 4.98 Å². The van der Waals surface area contributed by atoms with Crippen LogP contribution in [0.2, 0.25) is 0 Å². The predicted molar refractivity (Wildman–Crippen MR) is 134 cm³/mol. The topological polar surface area (TPSA) is 133 Å². The molecule has 0 aromatic carbocycles. The fourth-order valence-electron chi connectivity index (χ4n) is 3.54. The Hall–Kier alpha value is -4.10. The molecule has 0 saturated carbocycles. The minimum Gasteiger partial charge on any atom is -0.404 e. The Labute approximate surface area is 208 Å². The number of nitrogens with two attached hydrogens (primary N) is 2. The molecule has 9 nitrogen and oxygen atoms in total. The molecule has 186 valence electrons. The number of halogens is 3. The Morgan fingerprint density at radius 2 is 2.00 bits per heavy atom. The number of nitrogens with zero attached hydrogens (tertiary/aromatic N) is 6. The predicted octanol–water partition coefficient (Wildman–Crippen LogP) is 4.18. The zero-order valence-corrected chi connectivity index (χ0v) is 19.9. The molecule has 4 aromatic rings. The minimum atomic E-state index is -4.82. The van der Waals surface area contributed by atoms with E-state index in [1.807, 2.05) is 0 Å². The molecule has 0 fully saturated rings. The molecule has 4 heterocycles. The molecule has 0 radical (unpaired) electrons. The van der Waals surface area contributed by atoms with Crippen molar-refractivity contribution in [3.8, 4) is 5.82 Å². The maximum absolute atomic E-state index is 14.2. The van der Waals surface area contributed by atoms with Crippen LogP contribution in [0.1, 0.15) is 11.3 Å². The molecule has 0 spiro atoms. The minimum absolute atomic E-state index is 0.0695. The molecule has 36 heavy (non-hydrogen) atoms. The van der Waals surface area contributed by atoms with Crippen LogP contribution < -0.4 is 16.8 Å². The third-order valence-electron chi connectivity index (χ3n) is 5.13. The molecule has 5 N–H and O–H groups in total. The Balaban J connectivity index is 1.67. The fourth-order valence-corrected chi connectivity index (χ4v) is 4.47. The van der Waals surface area contributed by atoms with Gasteiger partial charge in [0.05, 0.1) is 46.6 Å². The van der Waals surface area contributed by atoms with E-state index < -0.39 is 17.5 Å². The molecule has 4 rings (SSSR count). The largest absolute Gasteiger partial charge is 0.434 e. The van der Waals surface area contributed by atoms with E-state index in [4.69, 9.17) is 11.5 Å². The van der Waals surface area contributed by atoms with Gasteiger partial charge in [-0.15, -0.1) is 16.1 Å². The van der Waals surface area contributed by atoms with Gasteiger partial charge in [-0.05, 0) is 36.5 Å². The van der Waals surface area contributed by atoms with Crippen molar-refractivity contribution in [1.29, 1.82) is 0 Å². The lowest BCUT2D eigenvalue weighted by Crippen LogP contribution is -2.27. The summed E-state index contributed by atoms with van der Waals surface area (Å²) in [4.78, 5) is 13.9. The van der Waals surface area contributed by atoms with E-state index in [1.54, 1.807) is 24.4 Å². The number of aromatic nitrogens is 5. The lowest BCUT2D eigenvalue weighted by molar-refractivity contribution is -0.0580. The van der Waals surface area contributed by atoms with Crippen LogP contribution in [0.15, 0.2) is 71.3 Å². The normalized spacial score (nSPS) is 12.8. The summed E-state index contributed by atoms with van der Waals surface area (Å²) in [5, 5.41) is 13.2. The van der Waals surface area contributed by atoms with Gasteiger partial charge in [-0.2, -0.15) is 23.4 Å². The quantitative estimate of drug-likeness (QED) is 0.238. The summed E-state index contributed by atoms with van der Waals surface area (Å²) in [6, 6.07) is 3.39. The molecule has 0 saturated heterocycles. The number of aryl methyl sites for hydroxylation is 1. The Kier molecular flexibility index (Phi) is 7.12. The number of allylic oxidation sites excluding steroid dienone is 1. The van der Waals surface area contributed by atoms with Gasteiger partial charge in [0, 0.05) is 29.3 Å². The van der Waals surface area contributed by atoms with Gasteiger partial charge in [0.1, 0.15) is 0 Å². The summed E-state index contributed by atoms with van der Waals surface area (Å²) >= 11 is 1.37. The third-order valence-corrected chi connectivity index (χ3v) is 6.09. The molecule has 0 bridgehead atoms. The summed E-state index contributed by atoms with van der Waals surface area (Å²) in [5.74, 6) is 0.480. The molecule has 0 atom stereocenters. The van der Waals surface area contributed by atoms with Gasteiger partial charge in [-0.25, -0.2) is 9.98 Å². The SMILES string of the molecule is C=C(Nc1cnc(-n2nccn2)c(C)c1)C(=CN)C(=Nc1cnc(CCN)c2sccc12)C(F)(F)F. The molecule has 0 unspecified atom stereocenters. The lowest BCUT2D eigenvalue weighted by Gasteiger charge is -2.18. The maximum Gasteiger partial charge on any atom is 0.434 e. The van der Waals surface area contributed by atoms with Gasteiger partial charge in [0.2, 0.25) is 0 Å². The fraction of sp³-hybridized carbons (Fsp3) is 0.174. The van der Waals surface area contributed by atoms with Crippen LogP contribution in [-0.2, 0) is 6.42 Å². The van der Waals surface area contributed by atoms with E-state index in [9.17, 15) is 13.2 Å². The maximum atomic E-state index is 14.2. The van der Waals surface area contributed by atoms with E-state index in [1.165, 1.54) is 40.9 Å². The highest BCUT2D eigenvalue weighted by Crippen LogP contribution is 2.35. The molecule has 4 aromatic heterocycles. The zero-order valence-electron chi connectivity index (χ0n) is 19.1. The van der Waals surface area contributed by atoms with Crippen molar-refractivity contribution in [2.45, 2.75) is 19.5 Å². The zero-order chi connectivity index (χ0) is 25.9. The van der Waals surface area contributed by atoms with Crippen LogP contribution in [0.25, 0.3) is 15.9 Å². The van der Waals surface area contributed by atoms with Crippen molar-refractivity contribution < 1.29 is 13.2 Å². The molecular formula is C23H22F3N9S. The number of hydrogen-bond acceptors (Lipinski definition) is 9. The first-order valence-corrected chi connectivity index (χ1v) is 11.5. The number of rotatable bonds is 8. The second-order valence-corrected chi connectivity index (χ2v) is 8.53. The van der Waals surface area contributed by atoms with Crippen molar-refractivity contribution in [2.75, 3.05) is 11.9 Å². The second kappa shape index (κ2) is 10.3. The van der Waals surface area contributed by atoms with E-state index in [0.29, 0.717) is 41.1 Å². The van der Waals surface area contributed by atoms with Crippen molar-refractivity contribution in [3.63, 3.8) is 0 Å². The smallest absolute Gasteiger partial charge is 0.404 e. The van der Waals surface area contributed by atoms with Crippen LogP contribution in [0.3, 0.4) is 0 Å². The molecule has 0 aliphatic heterocycles. The number of pyridine rings is 2. The van der Waals surface area contributed by atoms with Crippen molar-refractivity contribution >= 4 is 38.5 Å². The van der Waals surface area contributed by atoms with E-state index in [0.717, 1.165) is 10.9 Å². The van der Waals surface area contributed by atoms with Gasteiger partial charge in [0.25, 0.3) is 0 Å². The van der Waals surface area contributed by atoms with E-state index in [-0.39, 0.29) is 11.4 Å². The van der Waals surface area contributed by atoms with E-state index >= 15 is 0 Å². The number of nitrogens with one attached hydrogen (secondary N) is 1. The lowest BCUT2D eigenvalue weighted by atomic mass is 10.1. The van der Waals surface area contributed by atoms with Gasteiger partial charge < -0.3 is 16.8 Å². The van der Waals surface area contributed by atoms with Crippen LogP contribution in [0, 0.1) is 6.92 Å². The van der Waals surface area contributed by atoms with Gasteiger partial charge in [0.15, 0.2) is 11.5 Å². The number of anilines is 1. The highest BCUT2D eigenvalue weighted by atomic mass is 32.1. The third kappa shape index (κ3) is 5.11. The molecular weight excluding hydrogens is 491 g/mol.